The molecule has 3 aromatic carbocycles. The highest BCUT2D eigenvalue weighted by Crippen LogP contribution is 2.12. The topological polar surface area (TPSA) is 170 Å². The van der Waals surface area contributed by atoms with E-state index in [1.165, 1.54) is 6.08 Å². The molecule has 0 saturated heterocycles. The van der Waals surface area contributed by atoms with Crippen LogP contribution in [-0.2, 0) is 43.5 Å². The molecule has 3 rings (SSSR count). The second-order valence-electron chi connectivity index (χ2n) is 11.8. The third kappa shape index (κ3) is 13.5. The number of carbonyl (C=O) groups excluding carboxylic acids is 3. The van der Waals surface area contributed by atoms with E-state index in [9.17, 15) is 28.3 Å². The minimum absolute atomic E-state index is 0.00701. The summed E-state index contributed by atoms with van der Waals surface area (Å²) in [6, 6.07) is 23.6. The Hall–Kier alpha value is -4.93. The molecule has 0 aliphatic rings. The molecule has 0 saturated carbocycles. The van der Waals surface area contributed by atoms with Crippen LogP contribution in [0.5, 0.6) is 0 Å². The van der Waals surface area contributed by atoms with E-state index in [1.54, 1.807) is 0 Å². The highest BCUT2D eigenvalue weighted by atomic mass is 32.2. The minimum Gasteiger partial charge on any atom is -0.348 e. The lowest BCUT2D eigenvalue weighted by Crippen LogP contribution is -2.56. The van der Waals surface area contributed by atoms with Crippen LogP contribution in [0.1, 0.15) is 37.0 Å². The Balaban J connectivity index is 1.85. The number of hydrogen-bond donors (Lipinski definition) is 3. The summed E-state index contributed by atoms with van der Waals surface area (Å²) in [4.78, 5) is 43.8. The Morgan fingerprint density at radius 3 is 1.68 bits per heavy atom. The van der Waals surface area contributed by atoms with Crippen molar-refractivity contribution in [2.75, 3.05) is 6.26 Å². The molecular formula is C35H42N6O5S. The molecule has 4 atom stereocenters. The number of hydrogen-bond acceptors (Lipinski definition) is 6. The molecule has 0 aromatic heterocycles. The number of azide groups is 1. The fourth-order valence-electron chi connectivity index (χ4n) is 4.94. The quantitative estimate of drug-likeness (QED) is 0.110. The number of nitrogens with one attached hydrogen (secondary N) is 3. The van der Waals surface area contributed by atoms with Gasteiger partial charge in [0.25, 0.3) is 0 Å². The summed E-state index contributed by atoms with van der Waals surface area (Å²) in [7, 11) is -3.46. The van der Waals surface area contributed by atoms with E-state index < -0.39 is 51.7 Å². The van der Waals surface area contributed by atoms with E-state index in [-0.39, 0.29) is 25.2 Å². The smallest absolute Gasteiger partial charge is 0.243 e. The summed E-state index contributed by atoms with van der Waals surface area (Å²) in [5, 5.41) is 13.2. The van der Waals surface area contributed by atoms with Gasteiger partial charge in [0, 0.05) is 23.0 Å². The van der Waals surface area contributed by atoms with E-state index in [2.05, 4.69) is 26.0 Å². The zero-order valence-corrected chi connectivity index (χ0v) is 27.6. The van der Waals surface area contributed by atoms with Crippen LogP contribution in [0.4, 0.5) is 0 Å². The molecule has 47 heavy (non-hydrogen) atoms. The van der Waals surface area contributed by atoms with Gasteiger partial charge in [0.1, 0.15) is 18.1 Å². The first-order chi connectivity index (χ1) is 22.4. The van der Waals surface area contributed by atoms with Gasteiger partial charge in [0.2, 0.25) is 17.7 Å². The molecule has 0 spiro atoms. The zero-order chi connectivity index (χ0) is 34.2. The van der Waals surface area contributed by atoms with Crippen LogP contribution in [-0.4, -0.2) is 56.6 Å². The fourth-order valence-corrected chi connectivity index (χ4v) is 5.42. The predicted octanol–water partition coefficient (Wildman–Crippen LogP) is 4.45. The molecule has 0 heterocycles. The number of carbonyl (C=O) groups is 3. The number of rotatable bonds is 17. The van der Waals surface area contributed by atoms with Crippen molar-refractivity contribution in [2.45, 2.75) is 63.7 Å². The Labute approximate surface area is 276 Å². The molecular weight excluding hydrogens is 616 g/mol. The first kappa shape index (κ1) is 36.5. The minimum atomic E-state index is -3.46. The van der Waals surface area contributed by atoms with Gasteiger partial charge in [-0.05, 0) is 47.4 Å². The van der Waals surface area contributed by atoms with E-state index in [4.69, 9.17) is 0 Å². The molecule has 0 aliphatic carbocycles. The van der Waals surface area contributed by atoms with Gasteiger partial charge in [-0.3, -0.25) is 14.4 Å². The van der Waals surface area contributed by atoms with Crippen LogP contribution < -0.4 is 16.0 Å². The number of sulfone groups is 1. The molecule has 3 amide bonds. The standard InChI is InChI=1S/C35H42N6O5S/c1-25(2)21-30(33(42)37-29(19-20-47(3,45)46)22-26-13-7-4-8-14-26)38-34(43)31(23-27-15-9-5-10-16-27)39-35(44)32(40-41-36)24-28-17-11-6-12-18-28/h4-20,25,29-32H,21-24H2,1-3H3,(H,37,42)(H,38,43)(H,39,44)/b20-19+/t29-,30+,31+,32+/m1/s1. The maximum absolute atomic E-state index is 13.8. The van der Waals surface area contributed by atoms with Crippen molar-refractivity contribution < 1.29 is 22.8 Å². The van der Waals surface area contributed by atoms with Gasteiger partial charge >= 0.3 is 0 Å². The summed E-state index contributed by atoms with van der Waals surface area (Å²) < 4.78 is 23.8. The van der Waals surface area contributed by atoms with Gasteiger partial charge < -0.3 is 16.0 Å². The molecule has 3 aromatic rings. The molecule has 0 aliphatic heterocycles. The third-order valence-electron chi connectivity index (χ3n) is 7.21. The van der Waals surface area contributed by atoms with E-state index in [0.717, 1.165) is 28.4 Å². The Kier molecular flexibility index (Phi) is 14.2. The highest BCUT2D eigenvalue weighted by molar-refractivity contribution is 7.93. The van der Waals surface area contributed by atoms with Gasteiger partial charge in [0.15, 0.2) is 9.84 Å². The molecule has 11 nitrogen and oxygen atoms in total. The lowest BCUT2D eigenvalue weighted by atomic mass is 9.99. The van der Waals surface area contributed by atoms with Gasteiger partial charge in [-0.1, -0.05) is 116 Å². The summed E-state index contributed by atoms with van der Waals surface area (Å²) in [6.45, 7) is 3.82. The first-order valence-electron chi connectivity index (χ1n) is 15.4. The van der Waals surface area contributed by atoms with Crippen molar-refractivity contribution in [3.63, 3.8) is 0 Å². The van der Waals surface area contributed by atoms with Crippen molar-refractivity contribution in [1.82, 2.24) is 16.0 Å². The van der Waals surface area contributed by atoms with Crippen molar-refractivity contribution in [3.05, 3.63) is 130 Å². The predicted molar refractivity (Wildman–Crippen MR) is 183 cm³/mol. The fraction of sp³-hybridized carbons (Fsp3) is 0.343. The summed E-state index contributed by atoms with van der Waals surface area (Å²) in [6.07, 6.45) is 3.37. The third-order valence-corrected chi connectivity index (χ3v) is 7.86. The Morgan fingerprint density at radius 1 is 0.723 bits per heavy atom. The average Bonchev–Trinajstić information content (AvgIpc) is 3.03. The van der Waals surface area contributed by atoms with Crippen LogP contribution in [0.2, 0.25) is 0 Å². The van der Waals surface area contributed by atoms with E-state index >= 15 is 0 Å². The monoisotopic (exact) mass is 658 g/mol. The second kappa shape index (κ2) is 18.3. The van der Waals surface area contributed by atoms with Crippen molar-refractivity contribution >= 4 is 27.6 Å². The Morgan fingerprint density at radius 2 is 1.19 bits per heavy atom. The van der Waals surface area contributed by atoms with Gasteiger partial charge in [-0.25, -0.2) is 8.42 Å². The van der Waals surface area contributed by atoms with Crippen LogP contribution >= 0.6 is 0 Å². The maximum Gasteiger partial charge on any atom is 0.243 e. The summed E-state index contributed by atoms with van der Waals surface area (Å²) in [5.74, 6) is -1.70. The van der Waals surface area contributed by atoms with E-state index in [0.29, 0.717) is 6.42 Å². The second-order valence-corrected chi connectivity index (χ2v) is 13.7. The average molecular weight is 659 g/mol. The van der Waals surface area contributed by atoms with Crippen LogP contribution in [0.15, 0.2) is 108 Å². The SMILES string of the molecule is CC(C)C[C@H](NC(=O)[C@H](Cc1ccccc1)NC(=O)[C@H](Cc1ccccc1)N=[N+]=[N-])C(=O)N[C@H](/C=C/S(C)(=O)=O)Cc1ccccc1. The number of nitrogens with zero attached hydrogens (tertiary/aromatic N) is 3. The largest absolute Gasteiger partial charge is 0.348 e. The number of benzene rings is 3. The lowest BCUT2D eigenvalue weighted by Gasteiger charge is -2.26. The molecule has 0 radical (unpaired) electrons. The normalized spacial score (nSPS) is 14.0. The number of amides is 3. The van der Waals surface area contributed by atoms with Gasteiger partial charge in [-0.15, -0.1) is 0 Å². The highest BCUT2D eigenvalue weighted by Gasteiger charge is 2.30. The summed E-state index contributed by atoms with van der Waals surface area (Å²) in [5.41, 5.74) is 11.6. The Bertz CT molecular complexity index is 1640. The van der Waals surface area contributed by atoms with Crippen molar-refractivity contribution in [2.24, 2.45) is 11.0 Å². The van der Waals surface area contributed by atoms with Gasteiger partial charge in [-0.2, -0.15) is 0 Å². The van der Waals surface area contributed by atoms with Crippen LogP contribution in [0, 0.1) is 5.92 Å². The molecule has 248 valence electrons. The molecule has 12 heteroatoms. The first-order valence-corrected chi connectivity index (χ1v) is 17.3. The van der Waals surface area contributed by atoms with Crippen molar-refractivity contribution in [3.8, 4) is 0 Å². The molecule has 0 fully saturated rings. The summed E-state index contributed by atoms with van der Waals surface area (Å²) >= 11 is 0. The van der Waals surface area contributed by atoms with Crippen LogP contribution in [0.3, 0.4) is 0 Å². The molecule has 0 bridgehead atoms. The lowest BCUT2D eigenvalue weighted by molar-refractivity contribution is -0.132. The maximum atomic E-state index is 13.8. The molecule has 3 N–H and O–H groups in total. The molecule has 0 unspecified atom stereocenters. The van der Waals surface area contributed by atoms with Crippen LogP contribution in [0.25, 0.3) is 10.4 Å². The zero-order valence-electron chi connectivity index (χ0n) is 26.8. The van der Waals surface area contributed by atoms with Crippen molar-refractivity contribution in [1.29, 1.82) is 0 Å². The van der Waals surface area contributed by atoms with E-state index in [1.807, 2.05) is 105 Å². The van der Waals surface area contributed by atoms with Gasteiger partial charge in [0.05, 0.1) is 6.04 Å².